The van der Waals surface area contributed by atoms with Crippen molar-refractivity contribution in [2.45, 2.75) is 26.4 Å². The number of nitrogens with one attached hydrogen (secondary N) is 1. The Bertz CT molecular complexity index is 536. The third-order valence-electron chi connectivity index (χ3n) is 4.21. The summed E-state index contributed by atoms with van der Waals surface area (Å²) in [5, 5.41) is 1.37. The number of para-hydroxylation sites is 1. The molecule has 1 fully saturated rings. The Hall–Kier alpha value is -1.32. The first kappa shape index (κ1) is 12.7. The van der Waals surface area contributed by atoms with Crippen LogP contribution in [0.15, 0.2) is 30.5 Å². The molecule has 1 saturated heterocycles. The molecule has 3 rings (SSSR count). The summed E-state index contributed by atoms with van der Waals surface area (Å²) in [5.41, 5.74) is 2.67. The van der Waals surface area contributed by atoms with Gasteiger partial charge in [0.25, 0.3) is 0 Å². The molecule has 0 unspecified atom stereocenters. The molecule has 0 radical (unpaired) electrons. The van der Waals surface area contributed by atoms with Gasteiger partial charge >= 0.3 is 0 Å². The summed E-state index contributed by atoms with van der Waals surface area (Å²) in [7, 11) is 0. The van der Waals surface area contributed by atoms with Crippen molar-refractivity contribution in [2.75, 3.05) is 26.2 Å². The van der Waals surface area contributed by atoms with E-state index in [0.29, 0.717) is 6.04 Å². The van der Waals surface area contributed by atoms with Crippen LogP contribution in [0.2, 0.25) is 0 Å². The summed E-state index contributed by atoms with van der Waals surface area (Å²) in [6.45, 7) is 10.4. The molecule has 1 aromatic heterocycles. The van der Waals surface area contributed by atoms with Gasteiger partial charge in [-0.25, -0.2) is 0 Å². The van der Waals surface area contributed by atoms with Crippen LogP contribution in [0.1, 0.15) is 19.4 Å². The molecule has 3 heteroatoms. The van der Waals surface area contributed by atoms with Crippen LogP contribution in [0, 0.1) is 0 Å². The molecule has 0 spiro atoms. The number of aromatic nitrogens is 1. The molecule has 0 bridgehead atoms. The Morgan fingerprint density at radius 3 is 2.58 bits per heavy atom. The Kier molecular flexibility index (Phi) is 3.58. The van der Waals surface area contributed by atoms with Gasteiger partial charge in [-0.1, -0.05) is 18.2 Å². The van der Waals surface area contributed by atoms with Gasteiger partial charge in [0.15, 0.2) is 0 Å². The van der Waals surface area contributed by atoms with Crippen molar-refractivity contribution >= 4 is 10.9 Å². The third kappa shape index (κ3) is 2.67. The number of nitrogens with zero attached hydrogens (tertiary/aromatic N) is 2. The fourth-order valence-electron chi connectivity index (χ4n) is 2.94. The Morgan fingerprint density at radius 2 is 1.84 bits per heavy atom. The minimum Gasteiger partial charge on any atom is -0.361 e. The predicted molar refractivity (Wildman–Crippen MR) is 80.3 cm³/mol. The van der Waals surface area contributed by atoms with Gasteiger partial charge in [0, 0.05) is 55.9 Å². The highest BCUT2D eigenvalue weighted by Crippen LogP contribution is 2.20. The molecule has 1 aliphatic heterocycles. The quantitative estimate of drug-likeness (QED) is 0.913. The first-order valence-corrected chi connectivity index (χ1v) is 7.25. The normalized spacial score (nSPS) is 18.5. The van der Waals surface area contributed by atoms with Gasteiger partial charge in [-0.05, 0) is 25.5 Å². The zero-order valence-electron chi connectivity index (χ0n) is 11.9. The summed E-state index contributed by atoms with van der Waals surface area (Å²) < 4.78 is 0. The van der Waals surface area contributed by atoms with Crippen molar-refractivity contribution in [1.82, 2.24) is 14.8 Å². The molecule has 3 nitrogen and oxygen atoms in total. The minimum atomic E-state index is 0.676. The molecule has 1 N–H and O–H groups in total. The van der Waals surface area contributed by atoms with Crippen LogP contribution in [0.25, 0.3) is 10.9 Å². The number of H-pyrrole nitrogens is 1. The van der Waals surface area contributed by atoms with Crippen molar-refractivity contribution in [3.63, 3.8) is 0 Å². The van der Waals surface area contributed by atoms with Gasteiger partial charge in [-0.3, -0.25) is 9.80 Å². The van der Waals surface area contributed by atoms with Crippen LogP contribution in [0.5, 0.6) is 0 Å². The summed E-state index contributed by atoms with van der Waals surface area (Å²) in [5.74, 6) is 0. The van der Waals surface area contributed by atoms with Gasteiger partial charge in [0.1, 0.15) is 0 Å². The maximum Gasteiger partial charge on any atom is 0.0457 e. The van der Waals surface area contributed by atoms with E-state index in [2.05, 4.69) is 59.1 Å². The van der Waals surface area contributed by atoms with Gasteiger partial charge in [-0.2, -0.15) is 0 Å². The van der Waals surface area contributed by atoms with E-state index in [1.54, 1.807) is 0 Å². The fourth-order valence-corrected chi connectivity index (χ4v) is 2.94. The zero-order chi connectivity index (χ0) is 13.2. The van der Waals surface area contributed by atoms with E-state index in [-0.39, 0.29) is 0 Å². The van der Waals surface area contributed by atoms with E-state index < -0.39 is 0 Å². The predicted octanol–water partition coefficient (Wildman–Crippen LogP) is 2.69. The first-order valence-electron chi connectivity index (χ1n) is 7.25. The largest absolute Gasteiger partial charge is 0.361 e. The van der Waals surface area contributed by atoms with Crippen molar-refractivity contribution in [2.24, 2.45) is 0 Å². The molecule has 19 heavy (non-hydrogen) atoms. The lowest BCUT2D eigenvalue weighted by Gasteiger charge is -2.36. The summed E-state index contributed by atoms with van der Waals surface area (Å²) in [4.78, 5) is 8.49. The van der Waals surface area contributed by atoms with Crippen LogP contribution in [-0.4, -0.2) is 47.0 Å². The van der Waals surface area contributed by atoms with Gasteiger partial charge in [0.05, 0.1) is 0 Å². The summed E-state index contributed by atoms with van der Waals surface area (Å²) >= 11 is 0. The molecule has 0 atom stereocenters. The lowest BCUT2D eigenvalue weighted by Crippen LogP contribution is -2.48. The lowest BCUT2D eigenvalue weighted by atomic mass is 10.1. The van der Waals surface area contributed by atoms with E-state index >= 15 is 0 Å². The van der Waals surface area contributed by atoms with E-state index in [9.17, 15) is 0 Å². The van der Waals surface area contributed by atoms with E-state index in [0.717, 1.165) is 6.54 Å². The van der Waals surface area contributed by atoms with Crippen LogP contribution in [0.3, 0.4) is 0 Å². The second kappa shape index (κ2) is 5.35. The number of fused-ring (bicyclic) bond motifs is 1. The Balaban J connectivity index is 1.66. The average molecular weight is 257 g/mol. The summed E-state index contributed by atoms with van der Waals surface area (Å²) in [6.07, 6.45) is 2.17. The van der Waals surface area contributed by atoms with E-state index in [1.165, 1.54) is 42.6 Å². The Morgan fingerprint density at radius 1 is 1.11 bits per heavy atom. The highest BCUT2D eigenvalue weighted by molar-refractivity contribution is 5.82. The van der Waals surface area contributed by atoms with Crippen LogP contribution in [-0.2, 0) is 6.54 Å². The van der Waals surface area contributed by atoms with E-state index in [1.807, 2.05) is 0 Å². The van der Waals surface area contributed by atoms with Crippen LogP contribution < -0.4 is 0 Å². The van der Waals surface area contributed by atoms with Crippen molar-refractivity contribution in [3.8, 4) is 0 Å². The average Bonchev–Trinajstić information content (AvgIpc) is 2.83. The first-order chi connectivity index (χ1) is 9.24. The fraction of sp³-hybridized carbons (Fsp3) is 0.500. The van der Waals surface area contributed by atoms with Gasteiger partial charge in [-0.15, -0.1) is 0 Å². The standard InChI is InChI=1S/C16H23N3/c1-13(2)19-9-7-18(8-10-19)12-14-11-17-16-6-4-3-5-15(14)16/h3-6,11,13,17H,7-10,12H2,1-2H3. The molecule has 0 saturated carbocycles. The van der Waals surface area contributed by atoms with Crippen LogP contribution >= 0.6 is 0 Å². The molecule has 1 aliphatic rings. The second-order valence-electron chi connectivity index (χ2n) is 5.77. The van der Waals surface area contributed by atoms with Gasteiger partial charge < -0.3 is 4.98 Å². The van der Waals surface area contributed by atoms with E-state index in [4.69, 9.17) is 0 Å². The molecule has 0 amide bonds. The molecule has 1 aromatic carbocycles. The molecule has 102 valence electrons. The number of hydrogen-bond acceptors (Lipinski definition) is 2. The van der Waals surface area contributed by atoms with Crippen molar-refractivity contribution in [1.29, 1.82) is 0 Å². The number of aromatic amines is 1. The molecule has 2 heterocycles. The number of hydrogen-bond donors (Lipinski definition) is 1. The van der Waals surface area contributed by atoms with Crippen molar-refractivity contribution < 1.29 is 0 Å². The summed E-state index contributed by atoms with van der Waals surface area (Å²) in [6, 6.07) is 9.25. The Labute approximate surface area is 115 Å². The number of benzene rings is 1. The maximum absolute atomic E-state index is 3.37. The van der Waals surface area contributed by atoms with Crippen molar-refractivity contribution in [3.05, 3.63) is 36.0 Å². The molecular formula is C16H23N3. The number of rotatable bonds is 3. The topological polar surface area (TPSA) is 22.3 Å². The molecular weight excluding hydrogens is 234 g/mol. The monoisotopic (exact) mass is 257 g/mol. The second-order valence-corrected chi connectivity index (χ2v) is 5.77. The maximum atomic E-state index is 3.37. The highest BCUT2D eigenvalue weighted by Gasteiger charge is 2.19. The molecule has 2 aromatic rings. The smallest absolute Gasteiger partial charge is 0.0457 e. The highest BCUT2D eigenvalue weighted by atomic mass is 15.3. The zero-order valence-corrected chi connectivity index (χ0v) is 11.9. The van der Waals surface area contributed by atoms with Crippen LogP contribution in [0.4, 0.5) is 0 Å². The van der Waals surface area contributed by atoms with Gasteiger partial charge in [0.2, 0.25) is 0 Å². The molecule has 0 aliphatic carbocycles. The minimum absolute atomic E-state index is 0.676. The lowest BCUT2D eigenvalue weighted by molar-refractivity contribution is 0.104. The number of piperazine rings is 1. The SMILES string of the molecule is CC(C)N1CCN(Cc2c[nH]c3ccccc23)CC1. The third-order valence-corrected chi connectivity index (χ3v) is 4.21.